The lowest BCUT2D eigenvalue weighted by molar-refractivity contribution is 0.102. The summed E-state index contributed by atoms with van der Waals surface area (Å²) in [6.07, 6.45) is 4.71. The predicted molar refractivity (Wildman–Crippen MR) is 87.0 cm³/mol. The normalized spacial score (nSPS) is 10.5. The molecule has 3 heterocycles. The SMILES string of the molecule is Cc1csc(NC(=O)c2nc(C)sc2Nc2cncnc2)n1. The molecule has 0 bridgehead atoms. The zero-order valence-electron chi connectivity index (χ0n) is 11.8. The van der Waals surface area contributed by atoms with Crippen LogP contribution in [0.1, 0.15) is 21.2 Å². The summed E-state index contributed by atoms with van der Waals surface area (Å²) in [5.41, 5.74) is 1.90. The number of carbonyl (C=O) groups is 1. The average molecular weight is 332 g/mol. The Bertz CT molecular complexity index is 798. The Morgan fingerprint density at radius 1 is 1.18 bits per heavy atom. The minimum Gasteiger partial charge on any atom is -0.343 e. The lowest BCUT2D eigenvalue weighted by Gasteiger charge is -2.04. The molecule has 0 radical (unpaired) electrons. The molecule has 22 heavy (non-hydrogen) atoms. The highest BCUT2D eigenvalue weighted by Crippen LogP contribution is 2.28. The topological polar surface area (TPSA) is 92.7 Å². The second-order valence-corrected chi connectivity index (χ2v) is 6.47. The van der Waals surface area contributed by atoms with E-state index in [1.54, 1.807) is 12.4 Å². The molecule has 7 nitrogen and oxygen atoms in total. The number of hydrogen-bond donors (Lipinski definition) is 2. The number of amides is 1. The van der Waals surface area contributed by atoms with Crippen molar-refractivity contribution in [3.8, 4) is 0 Å². The van der Waals surface area contributed by atoms with Crippen LogP contribution in [0.15, 0.2) is 24.1 Å². The minimum atomic E-state index is -0.293. The van der Waals surface area contributed by atoms with Crippen molar-refractivity contribution in [2.45, 2.75) is 13.8 Å². The fourth-order valence-electron chi connectivity index (χ4n) is 1.73. The van der Waals surface area contributed by atoms with Crippen molar-refractivity contribution < 1.29 is 4.79 Å². The molecular formula is C13H12N6OS2. The van der Waals surface area contributed by atoms with Crippen molar-refractivity contribution in [3.63, 3.8) is 0 Å². The second kappa shape index (κ2) is 6.16. The van der Waals surface area contributed by atoms with Gasteiger partial charge in [0.05, 0.1) is 28.8 Å². The molecule has 0 unspecified atom stereocenters. The number of nitrogens with zero attached hydrogens (tertiary/aromatic N) is 4. The fourth-order valence-corrected chi connectivity index (χ4v) is 3.25. The molecule has 0 fully saturated rings. The maximum atomic E-state index is 12.4. The maximum absolute atomic E-state index is 12.4. The molecule has 0 aliphatic rings. The summed E-state index contributed by atoms with van der Waals surface area (Å²) >= 11 is 2.78. The van der Waals surface area contributed by atoms with Gasteiger partial charge in [-0.05, 0) is 13.8 Å². The second-order valence-electron chi connectivity index (χ2n) is 4.41. The third-order valence-corrected chi connectivity index (χ3v) is 4.37. The van der Waals surface area contributed by atoms with Crippen molar-refractivity contribution in [1.82, 2.24) is 19.9 Å². The summed E-state index contributed by atoms with van der Waals surface area (Å²) in [4.78, 5) is 28.8. The summed E-state index contributed by atoms with van der Waals surface area (Å²) in [6, 6.07) is 0. The minimum absolute atomic E-state index is 0.293. The van der Waals surface area contributed by atoms with Gasteiger partial charge in [-0.3, -0.25) is 10.1 Å². The summed E-state index contributed by atoms with van der Waals surface area (Å²) < 4.78 is 0. The predicted octanol–water partition coefficient (Wildman–Crippen LogP) is 3.00. The van der Waals surface area contributed by atoms with Crippen LogP contribution < -0.4 is 10.6 Å². The van der Waals surface area contributed by atoms with Crippen LogP contribution in [-0.4, -0.2) is 25.8 Å². The Morgan fingerprint density at radius 2 is 1.95 bits per heavy atom. The highest BCUT2D eigenvalue weighted by molar-refractivity contribution is 7.16. The third kappa shape index (κ3) is 3.26. The summed E-state index contributed by atoms with van der Waals surface area (Å²) in [5, 5.41) is 9.76. The van der Waals surface area contributed by atoms with E-state index in [4.69, 9.17) is 0 Å². The molecule has 9 heteroatoms. The lowest BCUT2D eigenvalue weighted by atomic mass is 10.4. The highest BCUT2D eigenvalue weighted by atomic mass is 32.1. The van der Waals surface area contributed by atoms with Crippen molar-refractivity contribution in [1.29, 1.82) is 0 Å². The first-order chi connectivity index (χ1) is 10.6. The Morgan fingerprint density at radius 3 is 2.64 bits per heavy atom. The first-order valence-corrected chi connectivity index (χ1v) is 8.04. The smallest absolute Gasteiger partial charge is 0.279 e. The monoisotopic (exact) mass is 332 g/mol. The van der Waals surface area contributed by atoms with Crippen molar-refractivity contribution in [2.75, 3.05) is 10.6 Å². The Balaban J connectivity index is 1.82. The zero-order chi connectivity index (χ0) is 15.5. The van der Waals surface area contributed by atoms with E-state index in [1.807, 2.05) is 19.2 Å². The quantitative estimate of drug-likeness (QED) is 0.763. The van der Waals surface area contributed by atoms with Gasteiger partial charge in [-0.2, -0.15) is 0 Å². The van der Waals surface area contributed by atoms with E-state index in [1.165, 1.54) is 29.0 Å². The van der Waals surface area contributed by atoms with E-state index in [-0.39, 0.29) is 5.91 Å². The molecule has 0 aliphatic carbocycles. The summed E-state index contributed by atoms with van der Waals surface area (Å²) in [6.45, 7) is 3.73. The Kier molecular flexibility index (Phi) is 4.07. The number of rotatable bonds is 4. The lowest BCUT2D eigenvalue weighted by Crippen LogP contribution is -2.14. The maximum Gasteiger partial charge on any atom is 0.279 e. The molecule has 2 N–H and O–H groups in total. The molecule has 0 spiro atoms. The molecule has 1 amide bonds. The van der Waals surface area contributed by atoms with E-state index < -0.39 is 0 Å². The van der Waals surface area contributed by atoms with Gasteiger partial charge in [0.25, 0.3) is 5.91 Å². The van der Waals surface area contributed by atoms with E-state index >= 15 is 0 Å². The zero-order valence-corrected chi connectivity index (χ0v) is 13.5. The van der Waals surface area contributed by atoms with Crippen LogP contribution >= 0.6 is 22.7 Å². The van der Waals surface area contributed by atoms with E-state index in [9.17, 15) is 4.79 Å². The van der Waals surface area contributed by atoms with Gasteiger partial charge in [-0.1, -0.05) is 0 Å². The molecule has 3 rings (SSSR count). The molecule has 3 aromatic rings. The Hall–Kier alpha value is -2.39. The largest absolute Gasteiger partial charge is 0.343 e. The molecule has 0 aromatic carbocycles. The van der Waals surface area contributed by atoms with Gasteiger partial charge in [-0.25, -0.2) is 19.9 Å². The van der Waals surface area contributed by atoms with Crippen LogP contribution in [0.3, 0.4) is 0 Å². The van der Waals surface area contributed by atoms with Gasteiger partial charge in [0.15, 0.2) is 10.8 Å². The van der Waals surface area contributed by atoms with Gasteiger partial charge < -0.3 is 5.32 Å². The molecule has 112 valence electrons. The number of aromatic nitrogens is 4. The van der Waals surface area contributed by atoms with Crippen LogP contribution in [-0.2, 0) is 0 Å². The van der Waals surface area contributed by atoms with Crippen LogP contribution in [0.5, 0.6) is 0 Å². The van der Waals surface area contributed by atoms with Gasteiger partial charge in [0, 0.05) is 5.38 Å². The summed E-state index contributed by atoms with van der Waals surface area (Å²) in [5.74, 6) is -0.293. The standard InChI is InChI=1S/C13H12N6OS2/c1-7-5-21-13(16-7)19-11(20)10-12(22-8(2)17-10)18-9-3-14-6-15-4-9/h3-6,18H,1-2H3,(H,16,19,20). The van der Waals surface area contributed by atoms with Crippen LogP contribution in [0.25, 0.3) is 0 Å². The van der Waals surface area contributed by atoms with Gasteiger partial charge >= 0.3 is 0 Å². The van der Waals surface area contributed by atoms with Gasteiger partial charge in [0.2, 0.25) is 0 Å². The molecule has 0 aliphatic heterocycles. The van der Waals surface area contributed by atoms with Crippen LogP contribution in [0.2, 0.25) is 0 Å². The third-order valence-electron chi connectivity index (χ3n) is 2.61. The average Bonchev–Trinajstić information content (AvgIpc) is 3.06. The molecular weight excluding hydrogens is 320 g/mol. The molecule has 0 saturated heterocycles. The van der Waals surface area contributed by atoms with Gasteiger partial charge in [-0.15, -0.1) is 22.7 Å². The first kappa shape index (κ1) is 14.5. The Labute approximate surface area is 134 Å². The number of nitrogens with one attached hydrogen (secondary N) is 2. The molecule has 0 atom stereocenters. The molecule has 0 saturated carbocycles. The van der Waals surface area contributed by atoms with Crippen LogP contribution in [0, 0.1) is 13.8 Å². The van der Waals surface area contributed by atoms with Gasteiger partial charge in [0.1, 0.15) is 11.3 Å². The van der Waals surface area contributed by atoms with Crippen LogP contribution in [0.4, 0.5) is 15.8 Å². The first-order valence-electron chi connectivity index (χ1n) is 6.35. The number of anilines is 3. The summed E-state index contributed by atoms with van der Waals surface area (Å²) in [7, 11) is 0. The highest BCUT2D eigenvalue weighted by Gasteiger charge is 2.18. The number of carbonyl (C=O) groups excluding carboxylic acids is 1. The van der Waals surface area contributed by atoms with E-state index in [0.717, 1.165) is 10.7 Å². The van der Waals surface area contributed by atoms with Crippen molar-refractivity contribution in [3.05, 3.63) is 40.5 Å². The van der Waals surface area contributed by atoms with E-state index in [2.05, 4.69) is 30.6 Å². The molecule has 3 aromatic heterocycles. The van der Waals surface area contributed by atoms with E-state index in [0.29, 0.717) is 21.5 Å². The van der Waals surface area contributed by atoms with Crippen molar-refractivity contribution >= 4 is 44.4 Å². The number of hydrogen-bond acceptors (Lipinski definition) is 8. The number of aryl methyl sites for hydroxylation is 2. The number of thiazole rings is 2. The fraction of sp³-hybridized carbons (Fsp3) is 0.154. The van der Waals surface area contributed by atoms with Crippen molar-refractivity contribution in [2.24, 2.45) is 0 Å².